The normalized spacial score (nSPS) is 16.8. The molecule has 3 heterocycles. The van der Waals surface area contributed by atoms with Crippen molar-refractivity contribution in [2.75, 3.05) is 5.32 Å². The summed E-state index contributed by atoms with van der Waals surface area (Å²) in [6.45, 7) is 5.87. The van der Waals surface area contributed by atoms with Crippen LogP contribution in [-0.2, 0) is 4.79 Å². The van der Waals surface area contributed by atoms with Crippen molar-refractivity contribution in [2.45, 2.75) is 33.1 Å². The Balaban J connectivity index is 1.87. The third kappa shape index (κ3) is 2.31. The number of hydrogen-bond acceptors (Lipinski definition) is 4. The Hall–Kier alpha value is -2.89. The first-order valence-electron chi connectivity index (χ1n) is 7.92. The van der Waals surface area contributed by atoms with Crippen LogP contribution in [0.15, 0.2) is 34.9 Å². The molecule has 0 fully saturated rings. The maximum Gasteiger partial charge on any atom is 0.226 e. The van der Waals surface area contributed by atoms with Gasteiger partial charge in [-0.15, -0.1) is 0 Å². The monoisotopic (exact) mass is 322 g/mol. The van der Waals surface area contributed by atoms with Crippen molar-refractivity contribution in [3.8, 4) is 5.69 Å². The first-order chi connectivity index (χ1) is 11.5. The molecule has 3 aromatic rings. The van der Waals surface area contributed by atoms with Gasteiger partial charge in [0.05, 0.1) is 23.0 Å². The predicted molar refractivity (Wildman–Crippen MR) is 89.4 cm³/mol. The van der Waals surface area contributed by atoms with E-state index < -0.39 is 0 Å². The average molecular weight is 322 g/mol. The van der Waals surface area contributed by atoms with E-state index in [2.05, 4.69) is 15.6 Å². The molecule has 1 aromatic carbocycles. The molecule has 1 aliphatic heterocycles. The molecule has 6 nitrogen and oxygen atoms in total. The third-order valence-corrected chi connectivity index (χ3v) is 4.37. The summed E-state index contributed by atoms with van der Waals surface area (Å²) in [4.78, 5) is 12.2. The maximum atomic E-state index is 12.2. The van der Waals surface area contributed by atoms with Gasteiger partial charge in [-0.25, -0.2) is 4.68 Å². The van der Waals surface area contributed by atoms with Crippen LogP contribution in [0.2, 0.25) is 0 Å². The molecule has 0 spiro atoms. The minimum absolute atomic E-state index is 0.0465. The zero-order chi connectivity index (χ0) is 16.8. The molecule has 122 valence electrons. The fourth-order valence-corrected chi connectivity index (χ4v) is 3.21. The summed E-state index contributed by atoms with van der Waals surface area (Å²) in [6.07, 6.45) is 0.335. The molecule has 1 unspecified atom stereocenters. The largest absolute Gasteiger partial charge is 0.360 e. The summed E-state index contributed by atoms with van der Waals surface area (Å²) in [5, 5.41) is 11.6. The first kappa shape index (κ1) is 14.7. The molecule has 4 rings (SSSR count). The number of nitrogens with one attached hydrogen (secondary N) is 1. The first-order valence-corrected chi connectivity index (χ1v) is 7.92. The SMILES string of the molecule is Cc1ccc(-n2nc(C)c3c2NC(=O)CC3c2cc(C)no2)cc1. The molecule has 0 aliphatic carbocycles. The molecule has 1 amide bonds. The molecular weight excluding hydrogens is 304 g/mol. The van der Waals surface area contributed by atoms with Gasteiger partial charge < -0.3 is 9.84 Å². The number of aryl methyl sites for hydroxylation is 3. The van der Waals surface area contributed by atoms with Crippen LogP contribution in [-0.4, -0.2) is 20.8 Å². The van der Waals surface area contributed by atoms with E-state index in [0.29, 0.717) is 18.0 Å². The standard InChI is InChI=1S/C18H18N4O2/c1-10-4-6-13(7-5-10)22-18-17(12(3)20-22)14(9-16(23)19-18)15-8-11(2)21-24-15/h4-8,14H,9H2,1-3H3,(H,19,23). The van der Waals surface area contributed by atoms with Gasteiger partial charge in [0.25, 0.3) is 0 Å². The lowest BCUT2D eigenvalue weighted by Gasteiger charge is -2.22. The highest BCUT2D eigenvalue weighted by Gasteiger charge is 2.34. The van der Waals surface area contributed by atoms with E-state index in [4.69, 9.17) is 4.52 Å². The van der Waals surface area contributed by atoms with Gasteiger partial charge in [0.1, 0.15) is 11.6 Å². The van der Waals surface area contributed by atoms with Crippen LogP contribution in [0, 0.1) is 20.8 Å². The topological polar surface area (TPSA) is 73.0 Å². The van der Waals surface area contributed by atoms with Gasteiger partial charge in [-0.1, -0.05) is 22.9 Å². The highest BCUT2D eigenvalue weighted by atomic mass is 16.5. The summed E-state index contributed by atoms with van der Waals surface area (Å²) in [5.74, 6) is 1.21. The average Bonchev–Trinajstić information content (AvgIpc) is 3.12. The van der Waals surface area contributed by atoms with E-state index in [0.717, 1.165) is 22.6 Å². The Bertz CT molecular complexity index is 921. The second-order valence-corrected chi connectivity index (χ2v) is 6.27. The number of benzene rings is 1. The number of aromatic nitrogens is 3. The van der Waals surface area contributed by atoms with Gasteiger partial charge >= 0.3 is 0 Å². The summed E-state index contributed by atoms with van der Waals surface area (Å²) >= 11 is 0. The Labute approximate surface area is 139 Å². The van der Waals surface area contributed by atoms with Crippen LogP contribution < -0.4 is 5.32 Å². The minimum atomic E-state index is -0.158. The summed E-state index contributed by atoms with van der Waals surface area (Å²) < 4.78 is 7.22. The van der Waals surface area contributed by atoms with E-state index in [-0.39, 0.29) is 11.8 Å². The second kappa shape index (κ2) is 5.33. The van der Waals surface area contributed by atoms with E-state index >= 15 is 0 Å². The summed E-state index contributed by atoms with van der Waals surface area (Å²) in [5.41, 5.74) is 4.77. The number of hydrogen-bond donors (Lipinski definition) is 1. The molecule has 1 atom stereocenters. The molecule has 6 heteroatoms. The number of amides is 1. The van der Waals surface area contributed by atoms with Crippen molar-refractivity contribution in [1.29, 1.82) is 0 Å². The van der Waals surface area contributed by atoms with Gasteiger partial charge in [-0.05, 0) is 32.9 Å². The van der Waals surface area contributed by atoms with Gasteiger partial charge in [0.15, 0.2) is 0 Å². The molecule has 0 bridgehead atoms. The predicted octanol–water partition coefficient (Wildman–Crippen LogP) is 3.26. The Morgan fingerprint density at radius 2 is 1.96 bits per heavy atom. The lowest BCUT2D eigenvalue weighted by molar-refractivity contribution is -0.116. The molecule has 0 radical (unpaired) electrons. The number of anilines is 1. The smallest absolute Gasteiger partial charge is 0.226 e. The lowest BCUT2D eigenvalue weighted by atomic mass is 9.90. The van der Waals surface area contributed by atoms with Crippen molar-refractivity contribution >= 4 is 11.7 Å². The minimum Gasteiger partial charge on any atom is -0.360 e. The van der Waals surface area contributed by atoms with Gasteiger partial charge in [-0.2, -0.15) is 5.10 Å². The zero-order valence-corrected chi connectivity index (χ0v) is 13.8. The highest BCUT2D eigenvalue weighted by molar-refractivity contribution is 5.94. The van der Waals surface area contributed by atoms with Gasteiger partial charge in [0, 0.05) is 18.1 Å². The Kier molecular flexibility index (Phi) is 3.26. The van der Waals surface area contributed by atoms with Crippen molar-refractivity contribution in [3.63, 3.8) is 0 Å². The van der Waals surface area contributed by atoms with Crippen molar-refractivity contribution in [3.05, 3.63) is 58.6 Å². The molecule has 1 N–H and O–H groups in total. The summed E-state index contributed by atoms with van der Waals surface area (Å²) in [7, 11) is 0. The fourth-order valence-electron chi connectivity index (χ4n) is 3.21. The van der Waals surface area contributed by atoms with Gasteiger partial charge in [0.2, 0.25) is 5.91 Å². The van der Waals surface area contributed by atoms with Crippen molar-refractivity contribution in [2.24, 2.45) is 0 Å². The fraction of sp³-hybridized carbons (Fsp3) is 0.278. The van der Waals surface area contributed by atoms with Crippen LogP contribution in [0.5, 0.6) is 0 Å². The molecular formula is C18H18N4O2. The number of carbonyl (C=O) groups excluding carboxylic acids is 1. The molecule has 24 heavy (non-hydrogen) atoms. The molecule has 0 saturated heterocycles. The number of nitrogens with zero attached hydrogens (tertiary/aromatic N) is 3. The maximum absolute atomic E-state index is 12.2. The number of rotatable bonds is 2. The second-order valence-electron chi connectivity index (χ2n) is 6.27. The van der Waals surface area contributed by atoms with E-state index in [1.54, 1.807) is 4.68 Å². The van der Waals surface area contributed by atoms with Gasteiger partial charge in [-0.3, -0.25) is 4.79 Å². The quantitative estimate of drug-likeness (QED) is 0.786. The van der Waals surface area contributed by atoms with Crippen LogP contribution in [0.4, 0.5) is 5.82 Å². The molecule has 0 saturated carbocycles. The van der Waals surface area contributed by atoms with E-state index in [1.165, 1.54) is 5.56 Å². The van der Waals surface area contributed by atoms with Crippen LogP contribution in [0.1, 0.15) is 40.6 Å². The van der Waals surface area contributed by atoms with Crippen molar-refractivity contribution in [1.82, 2.24) is 14.9 Å². The number of carbonyl (C=O) groups is 1. The lowest BCUT2D eigenvalue weighted by Crippen LogP contribution is -2.24. The third-order valence-electron chi connectivity index (χ3n) is 4.37. The summed E-state index contributed by atoms with van der Waals surface area (Å²) in [6, 6.07) is 9.93. The Morgan fingerprint density at radius 3 is 2.62 bits per heavy atom. The van der Waals surface area contributed by atoms with E-state index in [1.807, 2.05) is 51.1 Å². The molecule has 1 aliphatic rings. The number of fused-ring (bicyclic) bond motifs is 1. The van der Waals surface area contributed by atoms with Crippen molar-refractivity contribution < 1.29 is 9.32 Å². The zero-order valence-electron chi connectivity index (χ0n) is 13.8. The van der Waals surface area contributed by atoms with Crippen LogP contribution in [0.3, 0.4) is 0 Å². The van der Waals surface area contributed by atoms with E-state index in [9.17, 15) is 4.79 Å². The Morgan fingerprint density at radius 1 is 1.21 bits per heavy atom. The van der Waals surface area contributed by atoms with Crippen LogP contribution >= 0.6 is 0 Å². The molecule has 2 aromatic heterocycles. The highest BCUT2D eigenvalue weighted by Crippen LogP contribution is 2.40. The van der Waals surface area contributed by atoms with Crippen LogP contribution in [0.25, 0.3) is 5.69 Å².